The minimum atomic E-state index is -0.385. The molecule has 2 N–H and O–H groups in total. The summed E-state index contributed by atoms with van der Waals surface area (Å²) in [6.07, 6.45) is 1.21. The summed E-state index contributed by atoms with van der Waals surface area (Å²) >= 11 is 2.80. The van der Waals surface area contributed by atoms with Crippen LogP contribution in [0.25, 0.3) is 16.6 Å². The molecule has 2 aromatic carbocycles. The molecule has 0 unspecified atom stereocenters. The molecule has 1 aromatic heterocycles. The van der Waals surface area contributed by atoms with Gasteiger partial charge in [0.25, 0.3) is 5.56 Å². The second kappa shape index (κ2) is 10.4. The zero-order valence-electron chi connectivity index (χ0n) is 17.8. The molecule has 7 nitrogen and oxygen atoms in total. The molecule has 33 heavy (non-hydrogen) atoms. The predicted molar refractivity (Wildman–Crippen MR) is 129 cm³/mol. The smallest absolute Gasteiger partial charge is 0.266 e. The summed E-state index contributed by atoms with van der Waals surface area (Å²) in [7, 11) is 0. The van der Waals surface area contributed by atoms with E-state index >= 15 is 0 Å². The molecule has 1 aliphatic heterocycles. The molecule has 0 saturated carbocycles. The molecule has 1 fully saturated rings. The highest BCUT2D eigenvalue weighted by atomic mass is 32.2. The average Bonchev–Trinajstić information content (AvgIpc) is 2.83. The van der Waals surface area contributed by atoms with Gasteiger partial charge in [-0.2, -0.15) is 0 Å². The largest absolute Gasteiger partial charge is 0.369 e. The van der Waals surface area contributed by atoms with Crippen LogP contribution in [0.4, 0.5) is 4.39 Å². The van der Waals surface area contributed by atoms with Crippen LogP contribution in [0.2, 0.25) is 0 Å². The minimum Gasteiger partial charge on any atom is -0.369 e. The second-order valence-electron chi connectivity index (χ2n) is 7.70. The Balaban J connectivity index is 1.44. The summed E-state index contributed by atoms with van der Waals surface area (Å²) < 4.78 is 14.9. The summed E-state index contributed by atoms with van der Waals surface area (Å²) in [6.45, 7) is 1.08. The highest BCUT2D eigenvalue weighted by Crippen LogP contribution is 2.25. The highest BCUT2D eigenvalue weighted by molar-refractivity contribution is 8.16. The topological polar surface area (TPSA) is 98.3 Å². The summed E-state index contributed by atoms with van der Waals surface area (Å²) in [4.78, 5) is 43.4. The number of primary amides is 1. The number of hydrogen-bond acceptors (Lipinski definition) is 6. The van der Waals surface area contributed by atoms with Crippen LogP contribution in [0.3, 0.4) is 0 Å². The Morgan fingerprint density at radius 1 is 1.09 bits per heavy atom. The fraction of sp³-hybridized carbons (Fsp3) is 0.304. The molecule has 10 heteroatoms. The van der Waals surface area contributed by atoms with E-state index in [1.165, 1.54) is 40.2 Å². The van der Waals surface area contributed by atoms with Crippen molar-refractivity contribution in [1.82, 2.24) is 14.5 Å². The Morgan fingerprint density at radius 2 is 1.79 bits per heavy atom. The van der Waals surface area contributed by atoms with E-state index in [9.17, 15) is 18.8 Å². The molecule has 1 saturated heterocycles. The first kappa shape index (κ1) is 23.3. The number of halogens is 1. The first-order chi connectivity index (χ1) is 15.9. The lowest BCUT2D eigenvalue weighted by Gasteiger charge is -2.30. The third-order valence-corrected chi connectivity index (χ3v) is 7.70. The lowest BCUT2D eigenvalue weighted by Crippen LogP contribution is -2.42. The van der Waals surface area contributed by atoms with Crippen LogP contribution in [0.5, 0.6) is 0 Å². The monoisotopic (exact) mass is 486 g/mol. The van der Waals surface area contributed by atoms with Crippen molar-refractivity contribution in [1.29, 1.82) is 0 Å². The van der Waals surface area contributed by atoms with E-state index < -0.39 is 0 Å². The third-order valence-electron chi connectivity index (χ3n) is 5.58. The second-order valence-corrected chi connectivity index (χ2v) is 9.99. The van der Waals surface area contributed by atoms with Crippen molar-refractivity contribution in [3.8, 4) is 5.69 Å². The highest BCUT2D eigenvalue weighted by Gasteiger charge is 2.25. The van der Waals surface area contributed by atoms with Crippen LogP contribution in [0.15, 0.2) is 58.5 Å². The Labute approximate surface area is 198 Å². The number of carbonyl (C=O) groups is 2. The molecule has 172 valence electrons. The molecular formula is C23H23FN4O3S2. The molecule has 0 radical (unpaired) electrons. The Morgan fingerprint density at radius 3 is 2.48 bits per heavy atom. The van der Waals surface area contributed by atoms with E-state index in [2.05, 4.69) is 4.98 Å². The summed E-state index contributed by atoms with van der Waals surface area (Å²) in [6, 6.07) is 12.8. The van der Waals surface area contributed by atoms with Gasteiger partial charge in [-0.1, -0.05) is 23.9 Å². The lowest BCUT2D eigenvalue weighted by molar-refractivity contribution is -0.132. The summed E-state index contributed by atoms with van der Waals surface area (Å²) in [5.41, 5.74) is 6.24. The van der Waals surface area contributed by atoms with E-state index in [0.717, 1.165) is 0 Å². The number of hydrogen-bond donors (Lipinski definition) is 1. The molecule has 3 aromatic rings. The van der Waals surface area contributed by atoms with Gasteiger partial charge >= 0.3 is 0 Å². The van der Waals surface area contributed by atoms with Gasteiger partial charge in [0.1, 0.15) is 5.82 Å². The van der Waals surface area contributed by atoms with Crippen molar-refractivity contribution in [2.45, 2.75) is 18.0 Å². The Kier molecular flexibility index (Phi) is 7.34. The van der Waals surface area contributed by atoms with Crippen LogP contribution in [0, 0.1) is 11.7 Å². The maximum Gasteiger partial charge on any atom is 0.266 e. The van der Waals surface area contributed by atoms with Gasteiger partial charge in [0.15, 0.2) is 5.16 Å². The standard InChI is InChI=1S/C23H23FN4O3S2/c24-16-5-7-17(8-6-16)28-22(31)18-3-1-2-4-19(18)26-23(28)33-14-32-13-20(29)27-11-9-15(10-12-27)21(25)30/h1-8,15H,9-14H2,(H2,25,30). The van der Waals surface area contributed by atoms with Crippen molar-refractivity contribution in [2.75, 3.05) is 23.9 Å². The predicted octanol–water partition coefficient (Wildman–Crippen LogP) is 3.03. The zero-order chi connectivity index (χ0) is 23.4. The molecule has 2 heterocycles. The molecule has 2 amide bonds. The van der Waals surface area contributed by atoms with Gasteiger partial charge in [-0.15, -0.1) is 11.8 Å². The van der Waals surface area contributed by atoms with Crippen molar-refractivity contribution >= 4 is 46.2 Å². The number of amides is 2. The number of rotatable bonds is 7. The molecule has 0 bridgehead atoms. The van der Waals surface area contributed by atoms with Gasteiger partial charge in [0.05, 0.1) is 22.3 Å². The number of aromatic nitrogens is 2. The number of nitrogens with zero attached hydrogens (tertiary/aromatic N) is 3. The lowest BCUT2D eigenvalue weighted by atomic mass is 9.96. The molecular weight excluding hydrogens is 463 g/mol. The fourth-order valence-electron chi connectivity index (χ4n) is 3.76. The first-order valence-corrected chi connectivity index (χ1v) is 12.6. The number of thioether (sulfide) groups is 2. The Bertz CT molecular complexity index is 1220. The van der Waals surface area contributed by atoms with Crippen LogP contribution in [-0.4, -0.2) is 50.2 Å². The van der Waals surface area contributed by atoms with E-state index in [1.807, 2.05) is 6.07 Å². The fourth-order valence-corrected chi connectivity index (χ4v) is 5.68. The van der Waals surface area contributed by atoms with Gasteiger partial charge in [-0.05, 0) is 49.2 Å². The van der Waals surface area contributed by atoms with E-state index in [4.69, 9.17) is 5.73 Å². The van der Waals surface area contributed by atoms with Crippen molar-refractivity contribution in [3.63, 3.8) is 0 Å². The number of piperidine rings is 1. The quantitative estimate of drug-likeness (QED) is 0.239. The molecule has 0 atom stereocenters. The van der Waals surface area contributed by atoms with Crippen molar-refractivity contribution in [3.05, 3.63) is 64.7 Å². The normalized spacial score (nSPS) is 14.5. The minimum absolute atomic E-state index is 0.0194. The number of para-hydroxylation sites is 1. The molecule has 1 aliphatic rings. The van der Waals surface area contributed by atoms with Gasteiger partial charge in [0, 0.05) is 24.1 Å². The van der Waals surface area contributed by atoms with E-state index in [-0.39, 0.29) is 29.1 Å². The van der Waals surface area contributed by atoms with Crippen LogP contribution in [0.1, 0.15) is 12.8 Å². The van der Waals surface area contributed by atoms with Gasteiger partial charge in [-0.25, -0.2) is 9.37 Å². The number of benzene rings is 2. The van der Waals surface area contributed by atoms with Gasteiger partial charge in [0.2, 0.25) is 11.8 Å². The summed E-state index contributed by atoms with van der Waals surface area (Å²) in [5.74, 6) is -0.528. The van der Waals surface area contributed by atoms with Crippen LogP contribution >= 0.6 is 23.5 Å². The van der Waals surface area contributed by atoms with Crippen molar-refractivity contribution < 1.29 is 14.0 Å². The molecule has 0 aliphatic carbocycles. The first-order valence-electron chi connectivity index (χ1n) is 10.5. The number of likely N-dealkylation sites (tertiary alicyclic amines) is 1. The van der Waals surface area contributed by atoms with Crippen molar-refractivity contribution in [2.24, 2.45) is 11.7 Å². The van der Waals surface area contributed by atoms with Gasteiger partial charge < -0.3 is 10.6 Å². The maximum absolute atomic E-state index is 13.4. The Hall–Kier alpha value is -2.85. The number of carbonyl (C=O) groups excluding carboxylic acids is 2. The van der Waals surface area contributed by atoms with Gasteiger partial charge in [-0.3, -0.25) is 19.0 Å². The van der Waals surface area contributed by atoms with Crippen LogP contribution < -0.4 is 11.3 Å². The SMILES string of the molecule is NC(=O)C1CCN(C(=O)CSCSc2nc3ccccc3c(=O)n2-c2ccc(F)cc2)CC1. The molecule has 4 rings (SSSR count). The third kappa shape index (κ3) is 5.39. The van der Waals surface area contributed by atoms with Crippen LogP contribution in [-0.2, 0) is 9.59 Å². The molecule has 0 spiro atoms. The average molecular weight is 487 g/mol. The number of fused-ring (bicyclic) bond motifs is 1. The zero-order valence-corrected chi connectivity index (χ0v) is 19.4. The van der Waals surface area contributed by atoms with E-state index in [1.54, 1.807) is 35.2 Å². The van der Waals surface area contributed by atoms with E-state index in [0.29, 0.717) is 58.5 Å². The number of nitrogens with two attached hydrogens (primary N) is 1. The summed E-state index contributed by atoms with van der Waals surface area (Å²) in [5, 5.41) is 1.47. The maximum atomic E-state index is 13.4.